The van der Waals surface area contributed by atoms with Crippen LogP contribution in [0.25, 0.3) is 0 Å². The maximum absolute atomic E-state index is 12.1. The zero-order valence-corrected chi connectivity index (χ0v) is 14.9. The Kier molecular flexibility index (Phi) is 7.02. The van der Waals surface area contributed by atoms with Gasteiger partial charge in [-0.3, -0.25) is 9.59 Å². The fourth-order valence-corrected chi connectivity index (χ4v) is 2.99. The lowest BCUT2D eigenvalue weighted by molar-refractivity contribution is -0.127. The quantitative estimate of drug-likeness (QED) is 0.771. The second-order valence-corrected chi connectivity index (χ2v) is 7.75. The molecule has 2 N–H and O–H groups in total. The molecular weight excluding hydrogens is 340 g/mol. The molecule has 0 radical (unpaired) electrons. The molecule has 0 spiro atoms. The SMILES string of the molecule is CCC(C)NC(=O)C(C)NC(=O)CS(=O)(=O)c1ccc(Cl)cc1. The van der Waals surface area contributed by atoms with Gasteiger partial charge >= 0.3 is 0 Å². The second kappa shape index (κ2) is 8.31. The summed E-state index contributed by atoms with van der Waals surface area (Å²) in [4.78, 5) is 23.7. The van der Waals surface area contributed by atoms with Crippen molar-refractivity contribution in [2.45, 2.75) is 44.2 Å². The number of hydrogen-bond acceptors (Lipinski definition) is 4. The smallest absolute Gasteiger partial charge is 0.242 e. The molecule has 0 heterocycles. The highest BCUT2D eigenvalue weighted by atomic mass is 35.5. The Morgan fingerprint density at radius 2 is 1.70 bits per heavy atom. The van der Waals surface area contributed by atoms with E-state index in [1.807, 2.05) is 13.8 Å². The van der Waals surface area contributed by atoms with E-state index in [0.29, 0.717) is 5.02 Å². The maximum atomic E-state index is 12.1. The number of sulfone groups is 1. The fourth-order valence-electron chi connectivity index (χ4n) is 1.72. The summed E-state index contributed by atoms with van der Waals surface area (Å²) in [6.07, 6.45) is 0.761. The van der Waals surface area contributed by atoms with Crippen LogP contribution in [0, 0.1) is 0 Å². The van der Waals surface area contributed by atoms with Crippen molar-refractivity contribution in [2.24, 2.45) is 0 Å². The molecule has 8 heteroatoms. The van der Waals surface area contributed by atoms with Crippen LogP contribution in [0.5, 0.6) is 0 Å². The molecule has 0 fully saturated rings. The number of carbonyl (C=O) groups excluding carboxylic acids is 2. The number of hydrogen-bond donors (Lipinski definition) is 2. The summed E-state index contributed by atoms with van der Waals surface area (Å²) >= 11 is 5.71. The van der Waals surface area contributed by atoms with Crippen LogP contribution in [0.15, 0.2) is 29.2 Å². The standard InChI is InChI=1S/C15H21ClN2O4S/c1-4-10(2)17-15(20)11(3)18-14(19)9-23(21,22)13-7-5-12(16)6-8-13/h5-8,10-11H,4,9H2,1-3H3,(H,17,20)(H,18,19). The predicted octanol–water partition coefficient (Wildman–Crippen LogP) is 1.53. The summed E-state index contributed by atoms with van der Waals surface area (Å²) in [6, 6.07) is 4.73. The van der Waals surface area contributed by atoms with E-state index in [1.54, 1.807) is 0 Å². The molecule has 1 aromatic carbocycles. The average molecular weight is 361 g/mol. The van der Waals surface area contributed by atoms with E-state index in [9.17, 15) is 18.0 Å². The van der Waals surface area contributed by atoms with Crippen LogP contribution in [0.3, 0.4) is 0 Å². The van der Waals surface area contributed by atoms with Gasteiger partial charge in [-0.1, -0.05) is 18.5 Å². The molecule has 128 valence electrons. The lowest BCUT2D eigenvalue weighted by Crippen LogP contribution is -2.48. The third-order valence-electron chi connectivity index (χ3n) is 3.27. The van der Waals surface area contributed by atoms with E-state index >= 15 is 0 Å². The van der Waals surface area contributed by atoms with E-state index in [2.05, 4.69) is 10.6 Å². The Labute approximate surface area is 141 Å². The van der Waals surface area contributed by atoms with Gasteiger partial charge in [-0.2, -0.15) is 0 Å². The number of benzene rings is 1. The average Bonchev–Trinajstić information content (AvgIpc) is 2.46. The first kappa shape index (κ1) is 19.4. The van der Waals surface area contributed by atoms with Crippen molar-refractivity contribution in [1.82, 2.24) is 10.6 Å². The Morgan fingerprint density at radius 1 is 1.13 bits per heavy atom. The molecule has 2 unspecified atom stereocenters. The van der Waals surface area contributed by atoms with Gasteiger partial charge in [0, 0.05) is 11.1 Å². The zero-order chi connectivity index (χ0) is 17.6. The van der Waals surface area contributed by atoms with Crippen molar-refractivity contribution in [3.8, 4) is 0 Å². The topological polar surface area (TPSA) is 92.3 Å². The normalized spacial score (nSPS) is 13.9. The minimum absolute atomic E-state index is 0.00811. The Balaban J connectivity index is 2.65. The van der Waals surface area contributed by atoms with Crippen molar-refractivity contribution in [1.29, 1.82) is 0 Å². The van der Waals surface area contributed by atoms with Crippen LogP contribution in [0.4, 0.5) is 0 Å². The van der Waals surface area contributed by atoms with Gasteiger partial charge in [-0.25, -0.2) is 8.42 Å². The lowest BCUT2D eigenvalue weighted by atomic mass is 10.2. The third kappa shape index (κ3) is 6.19. The maximum Gasteiger partial charge on any atom is 0.242 e. The molecule has 23 heavy (non-hydrogen) atoms. The molecule has 2 amide bonds. The van der Waals surface area contributed by atoms with Crippen molar-refractivity contribution >= 4 is 33.3 Å². The molecule has 0 aliphatic heterocycles. The first-order chi connectivity index (χ1) is 10.7. The van der Waals surface area contributed by atoms with Crippen LogP contribution in [0.2, 0.25) is 5.02 Å². The summed E-state index contributed by atoms with van der Waals surface area (Å²) < 4.78 is 24.2. The van der Waals surface area contributed by atoms with Gasteiger partial charge in [-0.05, 0) is 44.5 Å². The van der Waals surface area contributed by atoms with Gasteiger partial charge in [0.25, 0.3) is 0 Å². The van der Waals surface area contributed by atoms with Gasteiger partial charge in [-0.15, -0.1) is 0 Å². The minimum Gasteiger partial charge on any atom is -0.352 e. The highest BCUT2D eigenvalue weighted by Crippen LogP contribution is 2.15. The second-order valence-electron chi connectivity index (χ2n) is 5.32. The Hall–Kier alpha value is -1.60. The first-order valence-corrected chi connectivity index (χ1v) is 9.26. The molecule has 1 rings (SSSR count). The van der Waals surface area contributed by atoms with E-state index < -0.39 is 27.5 Å². The van der Waals surface area contributed by atoms with E-state index in [0.717, 1.165) is 6.42 Å². The molecule has 0 aliphatic carbocycles. The summed E-state index contributed by atoms with van der Waals surface area (Å²) in [7, 11) is -3.78. The van der Waals surface area contributed by atoms with Gasteiger partial charge in [0.2, 0.25) is 11.8 Å². The molecule has 0 aliphatic rings. The number of halogens is 1. The molecule has 1 aromatic rings. The van der Waals surface area contributed by atoms with Crippen LogP contribution in [-0.4, -0.2) is 38.1 Å². The molecule has 0 saturated heterocycles. The summed E-state index contributed by atoms with van der Waals surface area (Å²) in [6.45, 7) is 5.27. The molecule has 0 saturated carbocycles. The summed E-state index contributed by atoms with van der Waals surface area (Å²) in [5.41, 5.74) is 0. The lowest BCUT2D eigenvalue weighted by Gasteiger charge is -2.17. The minimum atomic E-state index is -3.78. The largest absolute Gasteiger partial charge is 0.352 e. The van der Waals surface area contributed by atoms with E-state index in [4.69, 9.17) is 11.6 Å². The van der Waals surface area contributed by atoms with Crippen LogP contribution >= 0.6 is 11.6 Å². The molecule has 0 bridgehead atoms. The number of rotatable bonds is 7. The molecule has 2 atom stereocenters. The summed E-state index contributed by atoms with van der Waals surface area (Å²) in [5.74, 6) is -1.81. The highest BCUT2D eigenvalue weighted by Gasteiger charge is 2.22. The molecule has 0 aromatic heterocycles. The van der Waals surface area contributed by atoms with Gasteiger partial charge < -0.3 is 10.6 Å². The number of carbonyl (C=O) groups is 2. The van der Waals surface area contributed by atoms with Crippen LogP contribution < -0.4 is 10.6 Å². The predicted molar refractivity (Wildman–Crippen MR) is 89.0 cm³/mol. The zero-order valence-electron chi connectivity index (χ0n) is 13.3. The Bertz CT molecular complexity index is 659. The van der Waals surface area contributed by atoms with E-state index in [1.165, 1.54) is 31.2 Å². The van der Waals surface area contributed by atoms with E-state index in [-0.39, 0.29) is 16.8 Å². The number of nitrogens with one attached hydrogen (secondary N) is 2. The highest BCUT2D eigenvalue weighted by molar-refractivity contribution is 7.92. The third-order valence-corrected chi connectivity index (χ3v) is 5.15. The Morgan fingerprint density at radius 3 is 2.22 bits per heavy atom. The van der Waals surface area contributed by atoms with Crippen molar-refractivity contribution in [2.75, 3.05) is 5.75 Å². The first-order valence-electron chi connectivity index (χ1n) is 7.23. The molecule has 6 nitrogen and oxygen atoms in total. The van der Waals surface area contributed by atoms with Gasteiger partial charge in [0.1, 0.15) is 11.8 Å². The van der Waals surface area contributed by atoms with Gasteiger partial charge in [0.05, 0.1) is 4.90 Å². The molecular formula is C15H21ClN2O4S. The van der Waals surface area contributed by atoms with Crippen LogP contribution in [-0.2, 0) is 19.4 Å². The van der Waals surface area contributed by atoms with Crippen molar-refractivity contribution in [3.63, 3.8) is 0 Å². The summed E-state index contributed by atoms with van der Waals surface area (Å²) in [5, 5.41) is 5.51. The number of amides is 2. The van der Waals surface area contributed by atoms with Gasteiger partial charge in [0.15, 0.2) is 9.84 Å². The fraction of sp³-hybridized carbons (Fsp3) is 0.467. The monoisotopic (exact) mass is 360 g/mol. The van der Waals surface area contributed by atoms with Crippen molar-refractivity contribution in [3.05, 3.63) is 29.3 Å². The van der Waals surface area contributed by atoms with Crippen LogP contribution in [0.1, 0.15) is 27.2 Å². The van der Waals surface area contributed by atoms with Crippen molar-refractivity contribution < 1.29 is 18.0 Å².